The van der Waals surface area contributed by atoms with E-state index >= 15 is 0 Å². The Morgan fingerprint density at radius 1 is 1.29 bits per heavy atom. The minimum atomic E-state index is 0.555. The minimum Gasteiger partial charge on any atom is -0.333 e. The lowest BCUT2D eigenvalue weighted by Gasteiger charge is -2.13. The van der Waals surface area contributed by atoms with Gasteiger partial charge in [-0.05, 0) is 17.9 Å². The molecule has 3 heteroatoms. The molecule has 1 aromatic heterocycles. The fraction of sp³-hybridized carbons (Fsp3) is 0.357. The van der Waals surface area contributed by atoms with Crippen molar-refractivity contribution in [3.8, 4) is 0 Å². The lowest BCUT2D eigenvalue weighted by atomic mass is 9.98. The molecule has 0 aliphatic rings. The number of aromatic nitrogens is 2. The van der Waals surface area contributed by atoms with Crippen LogP contribution >= 0.6 is 0 Å². The van der Waals surface area contributed by atoms with Gasteiger partial charge in [0.25, 0.3) is 0 Å². The van der Waals surface area contributed by atoms with Gasteiger partial charge in [0, 0.05) is 19.3 Å². The van der Waals surface area contributed by atoms with Gasteiger partial charge in [0.15, 0.2) is 0 Å². The average molecular weight is 229 g/mol. The summed E-state index contributed by atoms with van der Waals surface area (Å²) in [5.74, 6) is 0.559. The summed E-state index contributed by atoms with van der Waals surface area (Å²) in [5.41, 5.74) is 8.14. The number of hydrogen-bond donors (Lipinski definition) is 1. The third kappa shape index (κ3) is 2.94. The van der Waals surface area contributed by atoms with E-state index in [0.29, 0.717) is 12.5 Å². The predicted octanol–water partition coefficient (Wildman–Crippen LogP) is 2.54. The van der Waals surface area contributed by atoms with Crippen LogP contribution in [0.15, 0.2) is 42.9 Å². The number of benzene rings is 1. The highest BCUT2D eigenvalue weighted by molar-refractivity contribution is 5.18. The second-order valence-electron chi connectivity index (χ2n) is 4.38. The molecule has 0 aliphatic carbocycles. The number of aryl methyl sites for hydroxylation is 1. The monoisotopic (exact) mass is 229 g/mol. The van der Waals surface area contributed by atoms with Crippen molar-refractivity contribution >= 4 is 0 Å². The Morgan fingerprint density at radius 2 is 2.06 bits per heavy atom. The smallest absolute Gasteiger partial charge is 0.0948 e. The molecule has 0 aliphatic heterocycles. The molecule has 0 saturated carbocycles. The van der Waals surface area contributed by atoms with Crippen molar-refractivity contribution in [1.29, 1.82) is 0 Å². The number of nitrogens with two attached hydrogens (primary N) is 1. The second kappa shape index (κ2) is 5.64. The number of rotatable bonds is 5. The first kappa shape index (κ1) is 11.9. The van der Waals surface area contributed by atoms with E-state index in [4.69, 9.17) is 5.73 Å². The highest BCUT2D eigenvalue weighted by Gasteiger charge is 2.06. The molecule has 0 radical (unpaired) electrons. The predicted molar refractivity (Wildman–Crippen MR) is 69.6 cm³/mol. The molecule has 0 amide bonds. The van der Waals surface area contributed by atoms with E-state index in [-0.39, 0.29) is 0 Å². The third-order valence-corrected chi connectivity index (χ3v) is 3.18. The highest BCUT2D eigenvalue weighted by atomic mass is 15.0. The molecule has 2 N–H and O–H groups in total. The molecular formula is C14H19N3. The Balaban J connectivity index is 1.95. The SMILES string of the molecule is CC(CCn1cncc1CN)c1ccccc1. The molecule has 2 rings (SSSR count). The van der Waals surface area contributed by atoms with Gasteiger partial charge in [0.05, 0.1) is 12.0 Å². The van der Waals surface area contributed by atoms with Gasteiger partial charge in [-0.3, -0.25) is 0 Å². The number of imidazole rings is 1. The van der Waals surface area contributed by atoms with Crippen molar-refractivity contribution < 1.29 is 0 Å². The average Bonchev–Trinajstić information content (AvgIpc) is 2.84. The maximum absolute atomic E-state index is 5.65. The largest absolute Gasteiger partial charge is 0.333 e. The van der Waals surface area contributed by atoms with Crippen molar-refractivity contribution in [1.82, 2.24) is 9.55 Å². The normalized spacial score (nSPS) is 12.6. The second-order valence-corrected chi connectivity index (χ2v) is 4.38. The zero-order valence-corrected chi connectivity index (χ0v) is 10.2. The van der Waals surface area contributed by atoms with Gasteiger partial charge in [-0.2, -0.15) is 0 Å². The summed E-state index contributed by atoms with van der Waals surface area (Å²) >= 11 is 0. The van der Waals surface area contributed by atoms with E-state index in [2.05, 4.69) is 46.8 Å². The lowest BCUT2D eigenvalue weighted by Crippen LogP contribution is -2.08. The zero-order chi connectivity index (χ0) is 12.1. The fourth-order valence-corrected chi connectivity index (χ4v) is 2.00. The molecule has 0 spiro atoms. The summed E-state index contributed by atoms with van der Waals surface area (Å²) < 4.78 is 2.14. The van der Waals surface area contributed by atoms with Crippen molar-refractivity contribution in [2.24, 2.45) is 5.73 Å². The Morgan fingerprint density at radius 3 is 2.76 bits per heavy atom. The van der Waals surface area contributed by atoms with E-state index in [1.807, 2.05) is 12.5 Å². The Labute approximate surface area is 102 Å². The van der Waals surface area contributed by atoms with Crippen molar-refractivity contribution in [2.75, 3.05) is 0 Å². The van der Waals surface area contributed by atoms with Crippen molar-refractivity contribution in [3.05, 3.63) is 54.1 Å². The molecule has 1 heterocycles. The Hall–Kier alpha value is -1.61. The topological polar surface area (TPSA) is 43.8 Å². The summed E-state index contributed by atoms with van der Waals surface area (Å²) in [4.78, 5) is 4.13. The molecule has 2 aromatic rings. The molecule has 1 atom stereocenters. The standard InChI is InChI=1S/C14H19N3/c1-12(13-5-3-2-4-6-13)7-8-17-11-16-10-14(17)9-15/h2-6,10-12H,7-9,15H2,1H3. The maximum atomic E-state index is 5.65. The minimum absolute atomic E-state index is 0.555. The first-order valence-electron chi connectivity index (χ1n) is 6.05. The van der Waals surface area contributed by atoms with Gasteiger partial charge in [-0.1, -0.05) is 37.3 Å². The van der Waals surface area contributed by atoms with E-state index in [0.717, 1.165) is 18.7 Å². The molecule has 90 valence electrons. The van der Waals surface area contributed by atoms with Crippen LogP contribution in [0.4, 0.5) is 0 Å². The van der Waals surface area contributed by atoms with Crippen LogP contribution in [0.3, 0.4) is 0 Å². The summed E-state index contributed by atoms with van der Waals surface area (Å²) in [6, 6.07) is 10.6. The van der Waals surface area contributed by atoms with Crippen LogP contribution in [-0.4, -0.2) is 9.55 Å². The van der Waals surface area contributed by atoms with Gasteiger partial charge in [0.2, 0.25) is 0 Å². The number of nitrogens with zero attached hydrogens (tertiary/aromatic N) is 2. The van der Waals surface area contributed by atoms with Gasteiger partial charge in [0.1, 0.15) is 0 Å². The zero-order valence-electron chi connectivity index (χ0n) is 10.2. The third-order valence-electron chi connectivity index (χ3n) is 3.18. The molecule has 0 bridgehead atoms. The molecule has 0 saturated heterocycles. The van der Waals surface area contributed by atoms with Crippen LogP contribution in [0.1, 0.15) is 30.5 Å². The summed E-state index contributed by atoms with van der Waals surface area (Å²) in [7, 11) is 0. The highest BCUT2D eigenvalue weighted by Crippen LogP contribution is 2.19. The Bertz CT molecular complexity index is 448. The lowest BCUT2D eigenvalue weighted by molar-refractivity contribution is 0.561. The van der Waals surface area contributed by atoms with E-state index < -0.39 is 0 Å². The van der Waals surface area contributed by atoms with Crippen LogP contribution in [0.25, 0.3) is 0 Å². The van der Waals surface area contributed by atoms with Gasteiger partial charge < -0.3 is 10.3 Å². The summed E-state index contributed by atoms with van der Waals surface area (Å²) in [5, 5.41) is 0. The van der Waals surface area contributed by atoms with Crippen LogP contribution in [0, 0.1) is 0 Å². The Kier molecular flexibility index (Phi) is 3.94. The summed E-state index contributed by atoms with van der Waals surface area (Å²) in [6.45, 7) is 3.79. The first-order chi connectivity index (χ1) is 8.31. The maximum Gasteiger partial charge on any atom is 0.0948 e. The van der Waals surface area contributed by atoms with Crippen LogP contribution in [-0.2, 0) is 13.1 Å². The van der Waals surface area contributed by atoms with E-state index in [1.54, 1.807) is 0 Å². The summed E-state index contributed by atoms with van der Waals surface area (Å²) in [6.07, 6.45) is 4.81. The fourth-order valence-electron chi connectivity index (χ4n) is 2.00. The van der Waals surface area contributed by atoms with Gasteiger partial charge in [-0.15, -0.1) is 0 Å². The van der Waals surface area contributed by atoms with Crippen molar-refractivity contribution in [2.45, 2.75) is 32.4 Å². The quantitative estimate of drug-likeness (QED) is 0.856. The molecule has 1 unspecified atom stereocenters. The van der Waals surface area contributed by atoms with E-state index in [9.17, 15) is 0 Å². The van der Waals surface area contributed by atoms with E-state index in [1.165, 1.54) is 5.56 Å². The van der Waals surface area contributed by atoms with Crippen LogP contribution in [0.5, 0.6) is 0 Å². The molecule has 3 nitrogen and oxygen atoms in total. The molecule has 0 fully saturated rings. The first-order valence-corrected chi connectivity index (χ1v) is 6.05. The van der Waals surface area contributed by atoms with Crippen LogP contribution < -0.4 is 5.73 Å². The molecule has 17 heavy (non-hydrogen) atoms. The molecule has 1 aromatic carbocycles. The molecular weight excluding hydrogens is 210 g/mol. The van der Waals surface area contributed by atoms with Crippen LogP contribution in [0.2, 0.25) is 0 Å². The van der Waals surface area contributed by atoms with Gasteiger partial charge >= 0.3 is 0 Å². The van der Waals surface area contributed by atoms with Gasteiger partial charge in [-0.25, -0.2) is 4.98 Å². The number of hydrogen-bond acceptors (Lipinski definition) is 2. The van der Waals surface area contributed by atoms with Crippen molar-refractivity contribution in [3.63, 3.8) is 0 Å².